The van der Waals surface area contributed by atoms with Crippen LogP contribution in [0.5, 0.6) is 17.2 Å². The molecule has 0 bridgehead atoms. The average molecular weight is 460 g/mol. The summed E-state index contributed by atoms with van der Waals surface area (Å²) in [6.45, 7) is 2.26. The number of aromatic nitrogens is 1. The van der Waals surface area contributed by atoms with Crippen LogP contribution in [0.3, 0.4) is 0 Å². The standard InChI is InChI=1S/C22H28N4O7/c1-14-10-16(24-33-14)22(29)26-9-5-8-25(26)20(28)13-23-19(27)7-6-15-11-17(30-2)21(32-4)18(12-15)31-3/h10-12H,5-9,13H2,1-4H3,(H,23,27). The number of nitrogens with one attached hydrogen (secondary N) is 1. The third-order valence-corrected chi connectivity index (χ3v) is 5.20. The van der Waals surface area contributed by atoms with Gasteiger partial charge in [0.05, 0.1) is 27.9 Å². The van der Waals surface area contributed by atoms with Crippen molar-refractivity contribution in [1.29, 1.82) is 0 Å². The highest BCUT2D eigenvalue weighted by Gasteiger charge is 2.32. The topological polar surface area (TPSA) is 123 Å². The summed E-state index contributed by atoms with van der Waals surface area (Å²) in [7, 11) is 4.57. The molecule has 0 aliphatic carbocycles. The van der Waals surface area contributed by atoms with Crippen LogP contribution in [0.1, 0.15) is 34.7 Å². The molecular formula is C22H28N4O7. The Morgan fingerprint density at radius 2 is 1.70 bits per heavy atom. The molecule has 1 saturated heterocycles. The highest BCUT2D eigenvalue weighted by Crippen LogP contribution is 2.38. The molecule has 3 rings (SSSR count). The van der Waals surface area contributed by atoms with Gasteiger partial charge in [-0.25, -0.2) is 10.0 Å². The fraction of sp³-hybridized carbons (Fsp3) is 0.455. The van der Waals surface area contributed by atoms with Gasteiger partial charge in [-0.15, -0.1) is 0 Å². The maximum atomic E-state index is 12.6. The molecule has 178 valence electrons. The predicted molar refractivity (Wildman–Crippen MR) is 116 cm³/mol. The van der Waals surface area contributed by atoms with E-state index in [2.05, 4.69) is 10.5 Å². The fourth-order valence-electron chi connectivity index (χ4n) is 3.57. The number of carbonyl (C=O) groups excluding carboxylic acids is 3. The summed E-state index contributed by atoms with van der Waals surface area (Å²) < 4.78 is 20.9. The fourth-order valence-corrected chi connectivity index (χ4v) is 3.57. The van der Waals surface area contributed by atoms with Gasteiger partial charge in [0, 0.05) is 25.6 Å². The molecule has 1 N–H and O–H groups in total. The maximum absolute atomic E-state index is 12.6. The Labute approximate surface area is 191 Å². The number of nitrogens with zero attached hydrogens (tertiary/aromatic N) is 3. The Hall–Kier alpha value is -3.76. The normalized spacial score (nSPS) is 13.1. The number of hydrazine groups is 1. The molecule has 3 amide bonds. The lowest BCUT2D eigenvalue weighted by Crippen LogP contribution is -2.48. The number of hydrogen-bond donors (Lipinski definition) is 1. The van der Waals surface area contributed by atoms with Crippen LogP contribution in [0.4, 0.5) is 0 Å². The van der Waals surface area contributed by atoms with Crippen molar-refractivity contribution in [1.82, 2.24) is 20.5 Å². The van der Waals surface area contributed by atoms with Crippen molar-refractivity contribution in [2.75, 3.05) is 41.0 Å². The number of rotatable bonds is 9. The van der Waals surface area contributed by atoms with E-state index in [4.69, 9.17) is 18.7 Å². The summed E-state index contributed by atoms with van der Waals surface area (Å²) in [6.07, 6.45) is 1.22. The highest BCUT2D eigenvalue weighted by atomic mass is 16.5. The molecule has 33 heavy (non-hydrogen) atoms. The van der Waals surface area contributed by atoms with Gasteiger partial charge >= 0.3 is 0 Å². The Morgan fingerprint density at radius 1 is 1.03 bits per heavy atom. The summed E-state index contributed by atoms with van der Waals surface area (Å²) >= 11 is 0. The van der Waals surface area contributed by atoms with Gasteiger partial charge in [0.2, 0.25) is 11.7 Å². The first-order valence-electron chi connectivity index (χ1n) is 10.5. The van der Waals surface area contributed by atoms with Gasteiger partial charge < -0.3 is 24.1 Å². The maximum Gasteiger partial charge on any atom is 0.294 e. The van der Waals surface area contributed by atoms with Gasteiger partial charge in [0.15, 0.2) is 17.2 Å². The van der Waals surface area contributed by atoms with Crippen LogP contribution >= 0.6 is 0 Å². The molecule has 11 nitrogen and oxygen atoms in total. The smallest absolute Gasteiger partial charge is 0.294 e. The average Bonchev–Trinajstić information content (AvgIpc) is 3.49. The molecule has 11 heteroatoms. The van der Waals surface area contributed by atoms with Crippen LogP contribution in [0.25, 0.3) is 0 Å². The quantitative estimate of drug-likeness (QED) is 0.595. The number of aryl methyl sites for hydroxylation is 2. The van der Waals surface area contributed by atoms with E-state index in [-0.39, 0.29) is 30.5 Å². The predicted octanol–water partition coefficient (Wildman–Crippen LogP) is 1.35. The Morgan fingerprint density at radius 3 is 2.27 bits per heavy atom. The molecule has 1 aromatic heterocycles. The minimum atomic E-state index is -0.411. The van der Waals surface area contributed by atoms with E-state index in [1.807, 2.05) is 0 Å². The van der Waals surface area contributed by atoms with Crippen LogP contribution in [-0.2, 0) is 16.0 Å². The van der Waals surface area contributed by atoms with Crippen molar-refractivity contribution in [2.24, 2.45) is 0 Å². The van der Waals surface area contributed by atoms with Crippen molar-refractivity contribution in [3.63, 3.8) is 0 Å². The van der Waals surface area contributed by atoms with E-state index in [1.54, 1.807) is 19.1 Å². The van der Waals surface area contributed by atoms with E-state index >= 15 is 0 Å². The number of hydrogen-bond acceptors (Lipinski definition) is 8. The number of carbonyl (C=O) groups is 3. The number of ether oxygens (including phenoxy) is 3. The van der Waals surface area contributed by atoms with E-state index in [0.29, 0.717) is 48.9 Å². The van der Waals surface area contributed by atoms with Gasteiger partial charge in [-0.2, -0.15) is 0 Å². The first-order valence-corrected chi connectivity index (χ1v) is 10.5. The molecule has 1 fully saturated rings. The van der Waals surface area contributed by atoms with Gasteiger partial charge in [-0.1, -0.05) is 5.16 Å². The number of methoxy groups -OCH3 is 3. The number of amides is 3. The molecular weight excluding hydrogens is 432 g/mol. The number of benzene rings is 1. The minimum absolute atomic E-state index is 0.140. The van der Waals surface area contributed by atoms with Crippen LogP contribution in [0, 0.1) is 6.92 Å². The van der Waals surface area contributed by atoms with Crippen LogP contribution in [-0.4, -0.2) is 73.9 Å². The lowest BCUT2D eigenvalue weighted by molar-refractivity contribution is -0.141. The van der Waals surface area contributed by atoms with Crippen LogP contribution in [0.2, 0.25) is 0 Å². The van der Waals surface area contributed by atoms with Crippen molar-refractivity contribution >= 4 is 17.7 Å². The van der Waals surface area contributed by atoms with Gasteiger partial charge in [0.25, 0.3) is 11.8 Å². The molecule has 2 aromatic rings. The van der Waals surface area contributed by atoms with E-state index in [9.17, 15) is 14.4 Å². The van der Waals surface area contributed by atoms with Gasteiger partial charge in [-0.05, 0) is 37.5 Å². The summed E-state index contributed by atoms with van der Waals surface area (Å²) in [5.41, 5.74) is 0.965. The molecule has 0 unspecified atom stereocenters. The second kappa shape index (κ2) is 10.7. The first-order chi connectivity index (χ1) is 15.9. The third kappa shape index (κ3) is 5.54. The third-order valence-electron chi connectivity index (χ3n) is 5.20. The molecule has 2 heterocycles. The summed E-state index contributed by atoms with van der Waals surface area (Å²) in [5, 5.41) is 9.01. The molecule has 0 atom stereocenters. The molecule has 1 aliphatic heterocycles. The minimum Gasteiger partial charge on any atom is -0.493 e. The van der Waals surface area contributed by atoms with E-state index in [0.717, 1.165) is 5.56 Å². The first kappa shape index (κ1) is 23.9. The van der Waals surface area contributed by atoms with Crippen molar-refractivity contribution in [2.45, 2.75) is 26.2 Å². The van der Waals surface area contributed by atoms with Crippen molar-refractivity contribution in [3.8, 4) is 17.2 Å². The van der Waals surface area contributed by atoms with Crippen molar-refractivity contribution < 1.29 is 33.1 Å². The van der Waals surface area contributed by atoms with Crippen LogP contribution < -0.4 is 19.5 Å². The zero-order valence-electron chi connectivity index (χ0n) is 19.2. The summed E-state index contributed by atoms with van der Waals surface area (Å²) in [5.74, 6) is 0.918. The Bertz CT molecular complexity index is 995. The second-order valence-corrected chi connectivity index (χ2v) is 7.43. The lowest BCUT2D eigenvalue weighted by atomic mass is 10.1. The SMILES string of the molecule is COc1cc(CCC(=O)NCC(=O)N2CCCN2C(=O)c2cc(C)on2)cc(OC)c1OC. The second-order valence-electron chi connectivity index (χ2n) is 7.43. The van der Waals surface area contributed by atoms with E-state index in [1.165, 1.54) is 37.4 Å². The molecule has 0 saturated carbocycles. The zero-order chi connectivity index (χ0) is 24.0. The zero-order valence-corrected chi connectivity index (χ0v) is 19.2. The van der Waals surface area contributed by atoms with Crippen LogP contribution in [0.15, 0.2) is 22.7 Å². The Kier molecular flexibility index (Phi) is 7.75. The molecule has 0 spiro atoms. The highest BCUT2D eigenvalue weighted by molar-refractivity contribution is 5.94. The molecule has 0 radical (unpaired) electrons. The Balaban J connectivity index is 1.53. The lowest BCUT2D eigenvalue weighted by Gasteiger charge is -2.27. The van der Waals surface area contributed by atoms with Gasteiger partial charge in [0.1, 0.15) is 5.76 Å². The van der Waals surface area contributed by atoms with Crippen molar-refractivity contribution in [3.05, 3.63) is 35.2 Å². The largest absolute Gasteiger partial charge is 0.493 e. The van der Waals surface area contributed by atoms with E-state index < -0.39 is 5.91 Å². The molecule has 1 aromatic carbocycles. The molecule has 1 aliphatic rings. The van der Waals surface area contributed by atoms with Gasteiger partial charge in [-0.3, -0.25) is 14.4 Å². The summed E-state index contributed by atoms with van der Waals surface area (Å²) in [4.78, 5) is 37.6. The monoisotopic (exact) mass is 460 g/mol. The summed E-state index contributed by atoms with van der Waals surface area (Å²) in [6, 6.07) is 5.08.